The van der Waals surface area contributed by atoms with E-state index in [1.54, 1.807) is 31.2 Å². The average Bonchev–Trinajstić information content (AvgIpc) is 3.16. The second-order valence-corrected chi connectivity index (χ2v) is 8.73. The Hall–Kier alpha value is -4.66. The van der Waals surface area contributed by atoms with Crippen LogP contribution in [-0.2, 0) is 9.59 Å². The van der Waals surface area contributed by atoms with Crippen LogP contribution in [0.25, 0.3) is 5.76 Å². The summed E-state index contributed by atoms with van der Waals surface area (Å²) in [7, 11) is 0. The largest absolute Gasteiger partial charge is 0.507 e. The second-order valence-electron chi connectivity index (χ2n) is 8.73. The van der Waals surface area contributed by atoms with Crippen molar-refractivity contribution in [2.75, 3.05) is 22.9 Å². The van der Waals surface area contributed by atoms with E-state index >= 15 is 0 Å². The van der Waals surface area contributed by atoms with Gasteiger partial charge >= 0.3 is 0 Å². The Morgan fingerprint density at radius 2 is 1.62 bits per heavy atom. The fraction of sp³-hybridized carbons (Fsp3) is 0.214. The smallest absolute Gasteiger partial charge is 0.300 e. The number of aliphatic hydroxyl groups excluding tert-OH is 1. The first-order valence-corrected chi connectivity index (χ1v) is 11.9. The molecule has 190 valence electrons. The van der Waals surface area contributed by atoms with Gasteiger partial charge in [0, 0.05) is 36.5 Å². The van der Waals surface area contributed by atoms with E-state index in [4.69, 9.17) is 0 Å². The van der Waals surface area contributed by atoms with Crippen molar-refractivity contribution in [1.82, 2.24) is 0 Å². The molecule has 9 nitrogen and oxygen atoms in total. The number of benzene rings is 3. The van der Waals surface area contributed by atoms with Gasteiger partial charge in [-0.2, -0.15) is 0 Å². The molecule has 0 bridgehead atoms. The zero-order valence-electron chi connectivity index (χ0n) is 20.7. The van der Waals surface area contributed by atoms with E-state index in [-0.39, 0.29) is 28.3 Å². The summed E-state index contributed by atoms with van der Waals surface area (Å²) in [6.45, 7) is 7.47. The van der Waals surface area contributed by atoms with Crippen LogP contribution < -0.4 is 9.80 Å². The molecule has 2 N–H and O–H groups in total. The van der Waals surface area contributed by atoms with Gasteiger partial charge in [-0.05, 0) is 68.3 Å². The number of aliphatic hydroxyl groups is 1. The third-order valence-corrected chi connectivity index (χ3v) is 6.52. The van der Waals surface area contributed by atoms with Crippen molar-refractivity contribution in [3.8, 4) is 5.75 Å². The number of hydrogen-bond acceptors (Lipinski definition) is 7. The third kappa shape index (κ3) is 4.63. The van der Waals surface area contributed by atoms with Crippen LogP contribution in [-0.4, -0.2) is 39.9 Å². The summed E-state index contributed by atoms with van der Waals surface area (Å²) < 4.78 is 0. The average molecular weight is 502 g/mol. The Balaban J connectivity index is 1.92. The van der Waals surface area contributed by atoms with Gasteiger partial charge in [0.2, 0.25) is 0 Å². The highest BCUT2D eigenvalue weighted by molar-refractivity contribution is 6.52. The molecule has 0 aliphatic carbocycles. The van der Waals surface area contributed by atoms with E-state index in [1.165, 1.54) is 35.2 Å². The summed E-state index contributed by atoms with van der Waals surface area (Å²) in [5.74, 6) is -2.47. The second kappa shape index (κ2) is 10.1. The number of aromatic hydroxyl groups is 1. The van der Waals surface area contributed by atoms with Crippen LogP contribution >= 0.6 is 0 Å². The molecule has 9 heteroatoms. The van der Waals surface area contributed by atoms with E-state index in [0.29, 0.717) is 5.56 Å². The Kier molecular flexibility index (Phi) is 6.97. The predicted molar refractivity (Wildman–Crippen MR) is 141 cm³/mol. The van der Waals surface area contributed by atoms with Crippen molar-refractivity contribution in [2.24, 2.45) is 0 Å². The number of aryl methyl sites for hydroxylation is 1. The first-order valence-electron chi connectivity index (χ1n) is 11.9. The van der Waals surface area contributed by atoms with Crippen molar-refractivity contribution in [3.63, 3.8) is 0 Å². The minimum absolute atomic E-state index is 0.141. The first-order chi connectivity index (χ1) is 17.7. The molecule has 1 unspecified atom stereocenters. The van der Waals surface area contributed by atoms with Crippen LogP contribution in [0, 0.1) is 17.0 Å². The number of carbonyl (C=O) groups excluding carboxylic acids is 2. The highest BCUT2D eigenvalue weighted by Gasteiger charge is 2.47. The molecule has 3 aromatic rings. The number of hydrogen-bond donors (Lipinski definition) is 2. The molecule has 37 heavy (non-hydrogen) atoms. The molecular formula is C28H27N3O6. The molecule has 1 saturated heterocycles. The van der Waals surface area contributed by atoms with Crippen LogP contribution in [0.1, 0.15) is 36.6 Å². The van der Waals surface area contributed by atoms with Crippen LogP contribution in [0.3, 0.4) is 0 Å². The van der Waals surface area contributed by atoms with Crippen LogP contribution in [0.4, 0.5) is 17.1 Å². The SMILES string of the molecule is CCN(CC)c1ccc(C2/C(=C(/O)c3ccc([N+](=O)[O-])cc3)C(=O)C(=O)N2c2cc(C)ccc2O)cc1. The van der Waals surface area contributed by atoms with Gasteiger partial charge in [-0.15, -0.1) is 0 Å². The Labute approximate surface area is 214 Å². The van der Waals surface area contributed by atoms with Crippen molar-refractivity contribution in [1.29, 1.82) is 0 Å². The van der Waals surface area contributed by atoms with E-state index in [2.05, 4.69) is 4.90 Å². The van der Waals surface area contributed by atoms with E-state index in [9.17, 15) is 29.9 Å². The summed E-state index contributed by atoms with van der Waals surface area (Å²) in [6.07, 6.45) is 0. The van der Waals surface area contributed by atoms with Crippen LogP contribution in [0.5, 0.6) is 5.75 Å². The van der Waals surface area contributed by atoms with Gasteiger partial charge in [-0.25, -0.2) is 0 Å². The van der Waals surface area contributed by atoms with Gasteiger partial charge in [0.15, 0.2) is 0 Å². The fourth-order valence-electron chi connectivity index (χ4n) is 4.58. The van der Waals surface area contributed by atoms with Gasteiger partial charge in [0.05, 0.1) is 22.2 Å². The molecule has 1 atom stereocenters. The summed E-state index contributed by atoms with van der Waals surface area (Å²) in [4.78, 5) is 40.5. The summed E-state index contributed by atoms with van der Waals surface area (Å²) in [5.41, 5.74) is 2.23. The maximum Gasteiger partial charge on any atom is 0.300 e. The Morgan fingerprint density at radius 3 is 2.19 bits per heavy atom. The molecule has 1 heterocycles. The molecule has 0 radical (unpaired) electrons. The topological polar surface area (TPSA) is 124 Å². The minimum atomic E-state index is -1.03. The monoisotopic (exact) mass is 501 g/mol. The quantitative estimate of drug-likeness (QED) is 0.152. The number of phenolic OH excluding ortho intramolecular Hbond substituents is 1. The third-order valence-electron chi connectivity index (χ3n) is 6.52. The van der Waals surface area contributed by atoms with E-state index < -0.39 is 28.4 Å². The van der Waals surface area contributed by atoms with Crippen LogP contribution in [0.15, 0.2) is 72.3 Å². The lowest BCUT2D eigenvalue weighted by molar-refractivity contribution is -0.384. The minimum Gasteiger partial charge on any atom is -0.507 e. The maximum atomic E-state index is 13.3. The highest BCUT2D eigenvalue weighted by Crippen LogP contribution is 2.45. The van der Waals surface area contributed by atoms with Crippen molar-refractivity contribution in [3.05, 3.63) is 99.1 Å². The first kappa shape index (κ1) is 25.4. The normalized spacial score (nSPS) is 16.7. The standard InChI is InChI=1S/C28H27N3O6/c1-4-29(5-2)20-11-7-18(8-12-20)25-24(26(33)19-9-13-21(14-10-19)31(36)37)27(34)28(35)30(25)22-16-17(3)6-15-23(22)32/h6-16,25,32-33H,4-5H2,1-3H3/b26-24-. The fourth-order valence-corrected chi connectivity index (χ4v) is 4.58. The molecule has 3 aromatic carbocycles. The van der Waals surface area contributed by atoms with Crippen molar-refractivity contribution >= 4 is 34.5 Å². The van der Waals surface area contributed by atoms with Gasteiger partial charge in [-0.1, -0.05) is 18.2 Å². The molecule has 0 spiro atoms. The number of non-ortho nitro benzene ring substituents is 1. The summed E-state index contributed by atoms with van der Waals surface area (Å²) >= 11 is 0. The van der Waals surface area contributed by atoms with Gasteiger partial charge in [0.25, 0.3) is 17.4 Å². The molecule has 0 aromatic heterocycles. The molecule has 4 rings (SSSR count). The summed E-state index contributed by atoms with van der Waals surface area (Å²) in [5, 5.41) is 32.9. The predicted octanol–water partition coefficient (Wildman–Crippen LogP) is 5.08. The Morgan fingerprint density at radius 1 is 1.00 bits per heavy atom. The molecule has 0 saturated carbocycles. The van der Waals surface area contributed by atoms with Crippen molar-refractivity contribution in [2.45, 2.75) is 26.8 Å². The number of amides is 1. The van der Waals surface area contributed by atoms with E-state index in [0.717, 1.165) is 24.3 Å². The molecule has 1 aliphatic rings. The lowest BCUT2D eigenvalue weighted by Gasteiger charge is -2.27. The zero-order valence-corrected chi connectivity index (χ0v) is 20.7. The summed E-state index contributed by atoms with van der Waals surface area (Å²) in [6, 6.07) is 16.1. The van der Waals surface area contributed by atoms with Gasteiger partial charge in [0.1, 0.15) is 11.5 Å². The van der Waals surface area contributed by atoms with E-state index in [1.807, 2.05) is 26.0 Å². The Bertz CT molecular complexity index is 1390. The number of rotatable bonds is 7. The highest BCUT2D eigenvalue weighted by atomic mass is 16.6. The molecule has 1 aliphatic heterocycles. The number of Topliss-reactive ketones (excluding diaryl/α,β-unsaturated/α-hetero) is 1. The molecule has 1 amide bonds. The maximum absolute atomic E-state index is 13.3. The number of ketones is 1. The van der Waals surface area contributed by atoms with Gasteiger partial charge < -0.3 is 15.1 Å². The van der Waals surface area contributed by atoms with Gasteiger partial charge in [-0.3, -0.25) is 24.6 Å². The van der Waals surface area contributed by atoms with Crippen LogP contribution in [0.2, 0.25) is 0 Å². The zero-order chi connectivity index (χ0) is 26.9. The lowest BCUT2D eigenvalue weighted by atomic mass is 9.94. The number of anilines is 2. The number of phenols is 1. The number of nitrogens with zero attached hydrogens (tertiary/aromatic N) is 3. The molecular weight excluding hydrogens is 474 g/mol. The molecule has 1 fully saturated rings. The lowest BCUT2D eigenvalue weighted by Crippen LogP contribution is -2.29. The number of nitro benzene ring substituents is 1. The number of nitro groups is 1. The van der Waals surface area contributed by atoms with Crippen molar-refractivity contribution < 1.29 is 24.7 Å². The number of carbonyl (C=O) groups is 2.